The summed E-state index contributed by atoms with van der Waals surface area (Å²) in [5.41, 5.74) is 0. The Morgan fingerprint density at radius 2 is 1.86 bits per heavy atom. The standard InChI is InChI=1S/C12H24N2/c1-13-7-12(10-5-3-4-6-10)11-8-14(2)9-11/h10-13H,3-9H2,1-2H3. The molecule has 0 aromatic carbocycles. The first-order valence-electron chi connectivity index (χ1n) is 6.14. The third-order valence-corrected chi connectivity index (χ3v) is 4.14. The zero-order chi connectivity index (χ0) is 9.97. The normalized spacial score (nSPS) is 27.9. The summed E-state index contributed by atoms with van der Waals surface area (Å²) in [5, 5.41) is 3.39. The highest BCUT2D eigenvalue weighted by Crippen LogP contribution is 2.37. The molecule has 2 aliphatic rings. The molecule has 2 nitrogen and oxygen atoms in total. The van der Waals surface area contributed by atoms with Crippen LogP contribution in [-0.2, 0) is 0 Å². The van der Waals surface area contributed by atoms with E-state index in [4.69, 9.17) is 0 Å². The molecular weight excluding hydrogens is 172 g/mol. The van der Waals surface area contributed by atoms with E-state index in [-0.39, 0.29) is 0 Å². The fraction of sp³-hybridized carbons (Fsp3) is 1.00. The summed E-state index contributed by atoms with van der Waals surface area (Å²) in [7, 11) is 4.34. The Labute approximate surface area is 88.1 Å². The molecule has 1 saturated heterocycles. The lowest BCUT2D eigenvalue weighted by atomic mass is 9.76. The Kier molecular flexibility index (Phi) is 3.45. The summed E-state index contributed by atoms with van der Waals surface area (Å²) in [5.74, 6) is 2.97. The molecule has 0 aromatic rings. The van der Waals surface area contributed by atoms with Gasteiger partial charge in [-0.3, -0.25) is 0 Å². The first kappa shape index (κ1) is 10.4. The average Bonchev–Trinajstić information content (AvgIpc) is 2.62. The number of likely N-dealkylation sites (tertiary alicyclic amines) is 1. The second-order valence-electron chi connectivity index (χ2n) is 5.25. The van der Waals surface area contributed by atoms with E-state index in [1.54, 1.807) is 0 Å². The molecule has 1 aliphatic heterocycles. The lowest BCUT2D eigenvalue weighted by Gasteiger charge is -2.43. The van der Waals surface area contributed by atoms with Crippen molar-refractivity contribution >= 4 is 0 Å². The van der Waals surface area contributed by atoms with Crippen LogP contribution in [0.25, 0.3) is 0 Å². The van der Waals surface area contributed by atoms with E-state index in [2.05, 4.69) is 24.3 Å². The molecule has 1 saturated carbocycles. The van der Waals surface area contributed by atoms with Gasteiger partial charge in [0.25, 0.3) is 0 Å². The number of nitrogens with one attached hydrogen (secondary N) is 1. The van der Waals surface area contributed by atoms with E-state index < -0.39 is 0 Å². The van der Waals surface area contributed by atoms with Crippen molar-refractivity contribution < 1.29 is 0 Å². The van der Waals surface area contributed by atoms with Crippen LogP contribution in [0.4, 0.5) is 0 Å². The van der Waals surface area contributed by atoms with E-state index in [0.29, 0.717) is 0 Å². The van der Waals surface area contributed by atoms with Gasteiger partial charge in [-0.15, -0.1) is 0 Å². The second kappa shape index (κ2) is 4.63. The van der Waals surface area contributed by atoms with Gasteiger partial charge in [-0.05, 0) is 38.4 Å². The van der Waals surface area contributed by atoms with Crippen molar-refractivity contribution in [2.75, 3.05) is 33.7 Å². The summed E-state index contributed by atoms with van der Waals surface area (Å²) in [6.45, 7) is 3.91. The van der Waals surface area contributed by atoms with Crippen LogP contribution >= 0.6 is 0 Å². The van der Waals surface area contributed by atoms with Gasteiger partial charge in [-0.2, -0.15) is 0 Å². The van der Waals surface area contributed by atoms with Crippen molar-refractivity contribution in [2.45, 2.75) is 25.7 Å². The fourth-order valence-electron chi connectivity index (χ4n) is 3.36. The predicted molar refractivity (Wildman–Crippen MR) is 60.4 cm³/mol. The van der Waals surface area contributed by atoms with Gasteiger partial charge in [0.2, 0.25) is 0 Å². The largest absolute Gasteiger partial charge is 0.319 e. The molecule has 0 radical (unpaired) electrons. The molecule has 2 rings (SSSR count). The molecule has 1 aliphatic carbocycles. The van der Waals surface area contributed by atoms with Crippen LogP contribution in [0.2, 0.25) is 0 Å². The maximum atomic E-state index is 3.39. The van der Waals surface area contributed by atoms with Crippen LogP contribution < -0.4 is 5.32 Å². The average molecular weight is 196 g/mol. The van der Waals surface area contributed by atoms with Crippen molar-refractivity contribution in [2.24, 2.45) is 17.8 Å². The number of nitrogens with zero attached hydrogens (tertiary/aromatic N) is 1. The molecule has 14 heavy (non-hydrogen) atoms. The summed E-state index contributed by atoms with van der Waals surface area (Å²) in [4.78, 5) is 2.45. The van der Waals surface area contributed by atoms with Gasteiger partial charge in [0.15, 0.2) is 0 Å². The van der Waals surface area contributed by atoms with E-state index in [1.807, 2.05) is 0 Å². The minimum atomic E-state index is 0.957. The van der Waals surface area contributed by atoms with E-state index in [1.165, 1.54) is 45.3 Å². The molecule has 1 atom stereocenters. The van der Waals surface area contributed by atoms with Crippen molar-refractivity contribution in [1.82, 2.24) is 10.2 Å². The van der Waals surface area contributed by atoms with Crippen LogP contribution in [0.5, 0.6) is 0 Å². The van der Waals surface area contributed by atoms with E-state index in [0.717, 1.165) is 17.8 Å². The predicted octanol–water partition coefficient (Wildman–Crippen LogP) is 1.57. The Bertz CT molecular complexity index is 169. The molecule has 2 fully saturated rings. The molecule has 0 spiro atoms. The minimum Gasteiger partial charge on any atom is -0.319 e. The lowest BCUT2D eigenvalue weighted by Crippen LogP contribution is -2.51. The Morgan fingerprint density at radius 1 is 1.21 bits per heavy atom. The third-order valence-electron chi connectivity index (χ3n) is 4.14. The maximum Gasteiger partial charge on any atom is 0.00222 e. The summed E-state index contributed by atoms with van der Waals surface area (Å²) in [6, 6.07) is 0. The monoisotopic (exact) mass is 196 g/mol. The van der Waals surface area contributed by atoms with Crippen molar-refractivity contribution in [1.29, 1.82) is 0 Å². The maximum absolute atomic E-state index is 3.39. The number of hydrogen-bond donors (Lipinski definition) is 1. The summed E-state index contributed by atoms with van der Waals surface area (Å²) >= 11 is 0. The van der Waals surface area contributed by atoms with Crippen LogP contribution in [0.1, 0.15) is 25.7 Å². The lowest BCUT2D eigenvalue weighted by molar-refractivity contribution is 0.0560. The first-order chi connectivity index (χ1) is 6.81. The Morgan fingerprint density at radius 3 is 2.36 bits per heavy atom. The number of rotatable bonds is 4. The van der Waals surface area contributed by atoms with Crippen LogP contribution in [0.15, 0.2) is 0 Å². The molecule has 0 aromatic heterocycles. The van der Waals surface area contributed by atoms with Gasteiger partial charge in [-0.1, -0.05) is 25.7 Å². The summed E-state index contributed by atoms with van der Waals surface area (Å²) in [6.07, 6.45) is 5.94. The van der Waals surface area contributed by atoms with Gasteiger partial charge in [0.1, 0.15) is 0 Å². The fourth-order valence-corrected chi connectivity index (χ4v) is 3.36. The zero-order valence-corrected chi connectivity index (χ0v) is 9.63. The van der Waals surface area contributed by atoms with Gasteiger partial charge < -0.3 is 10.2 Å². The van der Waals surface area contributed by atoms with E-state index in [9.17, 15) is 0 Å². The number of hydrogen-bond acceptors (Lipinski definition) is 2. The Hall–Kier alpha value is -0.0800. The van der Waals surface area contributed by atoms with Crippen LogP contribution in [0.3, 0.4) is 0 Å². The zero-order valence-electron chi connectivity index (χ0n) is 9.63. The molecule has 1 N–H and O–H groups in total. The highest BCUT2D eigenvalue weighted by Gasteiger charge is 2.36. The topological polar surface area (TPSA) is 15.3 Å². The molecule has 82 valence electrons. The quantitative estimate of drug-likeness (QED) is 0.734. The van der Waals surface area contributed by atoms with Gasteiger partial charge in [-0.25, -0.2) is 0 Å². The molecular formula is C12H24N2. The summed E-state index contributed by atoms with van der Waals surface area (Å²) < 4.78 is 0. The van der Waals surface area contributed by atoms with Crippen molar-refractivity contribution in [3.8, 4) is 0 Å². The molecule has 2 heteroatoms. The van der Waals surface area contributed by atoms with Crippen LogP contribution in [0, 0.1) is 17.8 Å². The Balaban J connectivity index is 1.86. The molecule has 0 amide bonds. The van der Waals surface area contributed by atoms with Crippen molar-refractivity contribution in [3.63, 3.8) is 0 Å². The first-order valence-corrected chi connectivity index (χ1v) is 6.14. The van der Waals surface area contributed by atoms with Crippen molar-refractivity contribution in [3.05, 3.63) is 0 Å². The van der Waals surface area contributed by atoms with E-state index >= 15 is 0 Å². The molecule has 1 heterocycles. The SMILES string of the molecule is CNCC(C1CCCC1)C1CN(C)C1. The highest BCUT2D eigenvalue weighted by atomic mass is 15.2. The van der Waals surface area contributed by atoms with Crippen LogP contribution in [-0.4, -0.2) is 38.6 Å². The second-order valence-corrected chi connectivity index (χ2v) is 5.25. The molecule has 0 bridgehead atoms. The van der Waals surface area contributed by atoms with Gasteiger partial charge >= 0.3 is 0 Å². The van der Waals surface area contributed by atoms with Gasteiger partial charge in [0.05, 0.1) is 0 Å². The minimum absolute atomic E-state index is 0.957. The highest BCUT2D eigenvalue weighted by molar-refractivity contribution is 4.89. The van der Waals surface area contributed by atoms with Gasteiger partial charge in [0, 0.05) is 13.1 Å². The third kappa shape index (κ3) is 2.12. The molecule has 1 unspecified atom stereocenters. The smallest absolute Gasteiger partial charge is 0.00222 e.